The molecule has 0 atom stereocenters. The highest BCUT2D eigenvalue weighted by Gasteiger charge is 2.05. The SMILES string of the molecule is CCOC(=O)/C=C/c1ccncc1-c1ccc2[nH]ncc2c1. The maximum absolute atomic E-state index is 11.5. The molecule has 0 saturated heterocycles. The fourth-order valence-electron chi connectivity index (χ4n) is 2.25. The Morgan fingerprint density at radius 3 is 3.09 bits per heavy atom. The van der Waals surface area contributed by atoms with Crippen molar-refractivity contribution in [3.05, 3.63) is 54.5 Å². The maximum atomic E-state index is 11.5. The van der Waals surface area contributed by atoms with Gasteiger partial charge in [0, 0.05) is 29.4 Å². The standard InChI is InChI=1S/C17H15N3O2/c1-2-22-17(21)6-4-12-7-8-18-11-15(12)13-3-5-16-14(9-13)10-19-20-16/h3-11H,2H2,1H3,(H,19,20)/b6-4+. The van der Waals surface area contributed by atoms with Crippen molar-refractivity contribution in [1.82, 2.24) is 15.2 Å². The minimum absolute atomic E-state index is 0.351. The minimum Gasteiger partial charge on any atom is -0.463 e. The largest absolute Gasteiger partial charge is 0.463 e. The topological polar surface area (TPSA) is 67.9 Å². The number of esters is 1. The number of aromatic amines is 1. The number of carbonyl (C=O) groups excluding carboxylic acids is 1. The zero-order valence-corrected chi connectivity index (χ0v) is 12.1. The second-order valence-corrected chi connectivity index (χ2v) is 4.72. The van der Waals surface area contributed by atoms with Gasteiger partial charge in [0.05, 0.1) is 18.3 Å². The Kier molecular flexibility index (Phi) is 3.96. The molecule has 2 aromatic heterocycles. The van der Waals surface area contributed by atoms with Gasteiger partial charge in [-0.2, -0.15) is 5.10 Å². The summed E-state index contributed by atoms with van der Waals surface area (Å²) in [7, 11) is 0. The monoisotopic (exact) mass is 293 g/mol. The zero-order valence-electron chi connectivity index (χ0n) is 12.1. The summed E-state index contributed by atoms with van der Waals surface area (Å²) in [4.78, 5) is 15.6. The molecule has 0 unspecified atom stereocenters. The van der Waals surface area contributed by atoms with Crippen molar-refractivity contribution >= 4 is 22.9 Å². The van der Waals surface area contributed by atoms with Gasteiger partial charge >= 0.3 is 5.97 Å². The quantitative estimate of drug-likeness (QED) is 0.592. The summed E-state index contributed by atoms with van der Waals surface area (Å²) in [6, 6.07) is 7.88. The van der Waals surface area contributed by atoms with E-state index in [4.69, 9.17) is 4.74 Å². The smallest absolute Gasteiger partial charge is 0.330 e. The van der Waals surface area contributed by atoms with Crippen LogP contribution in [0.25, 0.3) is 28.1 Å². The molecule has 1 aromatic carbocycles. The van der Waals surface area contributed by atoms with E-state index in [0.29, 0.717) is 6.61 Å². The summed E-state index contributed by atoms with van der Waals surface area (Å²) in [5.41, 5.74) is 3.86. The Morgan fingerprint density at radius 2 is 2.23 bits per heavy atom. The van der Waals surface area contributed by atoms with Crippen LogP contribution in [0.1, 0.15) is 12.5 Å². The molecular formula is C17H15N3O2. The van der Waals surface area contributed by atoms with Gasteiger partial charge in [-0.15, -0.1) is 0 Å². The van der Waals surface area contributed by atoms with Gasteiger partial charge in [0.25, 0.3) is 0 Å². The first-order chi connectivity index (χ1) is 10.8. The number of rotatable bonds is 4. The molecule has 5 heteroatoms. The van der Waals surface area contributed by atoms with Crippen LogP contribution in [0, 0.1) is 0 Å². The number of pyridine rings is 1. The van der Waals surface area contributed by atoms with E-state index in [9.17, 15) is 4.79 Å². The fourth-order valence-corrected chi connectivity index (χ4v) is 2.25. The van der Waals surface area contributed by atoms with E-state index in [1.807, 2.05) is 24.3 Å². The lowest BCUT2D eigenvalue weighted by Gasteiger charge is -2.06. The molecule has 5 nitrogen and oxygen atoms in total. The first-order valence-corrected chi connectivity index (χ1v) is 7.00. The summed E-state index contributed by atoms with van der Waals surface area (Å²) < 4.78 is 4.90. The predicted molar refractivity (Wildman–Crippen MR) is 85.0 cm³/mol. The van der Waals surface area contributed by atoms with Gasteiger partial charge in [-0.3, -0.25) is 10.1 Å². The second-order valence-electron chi connectivity index (χ2n) is 4.72. The van der Waals surface area contributed by atoms with Crippen molar-refractivity contribution in [2.45, 2.75) is 6.92 Å². The number of H-pyrrole nitrogens is 1. The molecule has 110 valence electrons. The Hall–Kier alpha value is -2.95. The lowest BCUT2D eigenvalue weighted by molar-refractivity contribution is -0.137. The van der Waals surface area contributed by atoms with E-state index < -0.39 is 0 Å². The summed E-state index contributed by atoms with van der Waals surface area (Å²) in [6.07, 6.45) is 8.44. The average molecular weight is 293 g/mol. The molecule has 22 heavy (non-hydrogen) atoms. The molecule has 0 fully saturated rings. The normalized spacial score (nSPS) is 11.1. The van der Waals surface area contributed by atoms with Crippen LogP contribution in [0.15, 0.2) is 48.9 Å². The number of hydrogen-bond acceptors (Lipinski definition) is 4. The van der Waals surface area contributed by atoms with E-state index in [-0.39, 0.29) is 5.97 Å². The van der Waals surface area contributed by atoms with Crippen LogP contribution in [-0.4, -0.2) is 27.8 Å². The Morgan fingerprint density at radius 1 is 1.32 bits per heavy atom. The van der Waals surface area contributed by atoms with Crippen LogP contribution in [0.5, 0.6) is 0 Å². The second kappa shape index (κ2) is 6.22. The number of nitrogens with one attached hydrogen (secondary N) is 1. The Balaban J connectivity index is 1.98. The first-order valence-electron chi connectivity index (χ1n) is 7.00. The highest BCUT2D eigenvalue weighted by atomic mass is 16.5. The Labute approximate surface area is 127 Å². The van der Waals surface area contributed by atoms with Crippen LogP contribution >= 0.6 is 0 Å². The number of fused-ring (bicyclic) bond motifs is 1. The third-order valence-electron chi connectivity index (χ3n) is 3.29. The summed E-state index contributed by atoms with van der Waals surface area (Å²) >= 11 is 0. The lowest BCUT2D eigenvalue weighted by Crippen LogP contribution is -1.98. The lowest BCUT2D eigenvalue weighted by atomic mass is 10.0. The third-order valence-corrected chi connectivity index (χ3v) is 3.29. The van der Waals surface area contributed by atoms with Gasteiger partial charge in [0.2, 0.25) is 0 Å². The van der Waals surface area contributed by atoms with Gasteiger partial charge in [-0.1, -0.05) is 6.07 Å². The molecule has 0 radical (unpaired) electrons. The van der Waals surface area contributed by atoms with Crippen molar-refractivity contribution in [3.63, 3.8) is 0 Å². The fraction of sp³-hybridized carbons (Fsp3) is 0.118. The van der Waals surface area contributed by atoms with E-state index >= 15 is 0 Å². The third kappa shape index (κ3) is 2.88. The van der Waals surface area contributed by atoms with Gasteiger partial charge < -0.3 is 4.74 Å². The molecule has 0 spiro atoms. The van der Waals surface area contributed by atoms with Crippen molar-refractivity contribution in [2.24, 2.45) is 0 Å². The van der Waals surface area contributed by atoms with Crippen molar-refractivity contribution in [3.8, 4) is 11.1 Å². The predicted octanol–water partition coefficient (Wildman–Crippen LogP) is 3.20. The van der Waals surface area contributed by atoms with Crippen molar-refractivity contribution in [1.29, 1.82) is 0 Å². The summed E-state index contributed by atoms with van der Waals surface area (Å²) in [6.45, 7) is 2.15. The molecule has 1 N–H and O–H groups in total. The molecule has 0 bridgehead atoms. The minimum atomic E-state index is -0.351. The van der Waals surface area contributed by atoms with Gasteiger partial charge in [-0.25, -0.2) is 4.79 Å². The molecular weight excluding hydrogens is 278 g/mol. The molecule has 0 aliphatic heterocycles. The van der Waals surface area contributed by atoms with Crippen LogP contribution in [0.4, 0.5) is 0 Å². The Bertz CT molecular complexity index is 837. The molecule has 3 rings (SSSR count). The van der Waals surface area contributed by atoms with E-state index in [2.05, 4.69) is 15.2 Å². The molecule has 0 aliphatic carbocycles. The van der Waals surface area contributed by atoms with E-state index in [1.165, 1.54) is 6.08 Å². The van der Waals surface area contributed by atoms with Gasteiger partial charge in [0.15, 0.2) is 0 Å². The molecule has 2 heterocycles. The first kappa shape index (κ1) is 14.0. The summed E-state index contributed by atoms with van der Waals surface area (Å²) in [5, 5.41) is 7.98. The number of carbonyl (C=O) groups is 1. The van der Waals surface area contributed by atoms with Crippen LogP contribution < -0.4 is 0 Å². The van der Waals surface area contributed by atoms with E-state index in [1.54, 1.807) is 31.6 Å². The van der Waals surface area contributed by atoms with E-state index in [0.717, 1.165) is 27.6 Å². The van der Waals surface area contributed by atoms with Crippen LogP contribution in [0.2, 0.25) is 0 Å². The highest BCUT2D eigenvalue weighted by Crippen LogP contribution is 2.26. The van der Waals surface area contributed by atoms with Crippen LogP contribution in [-0.2, 0) is 9.53 Å². The van der Waals surface area contributed by atoms with Crippen LogP contribution in [0.3, 0.4) is 0 Å². The molecule has 0 aliphatic rings. The number of benzene rings is 1. The maximum Gasteiger partial charge on any atom is 0.330 e. The van der Waals surface area contributed by atoms with Crippen molar-refractivity contribution < 1.29 is 9.53 Å². The molecule has 0 amide bonds. The van der Waals surface area contributed by atoms with Gasteiger partial charge in [-0.05, 0) is 42.3 Å². The molecule has 0 saturated carbocycles. The van der Waals surface area contributed by atoms with Gasteiger partial charge in [0.1, 0.15) is 0 Å². The number of aromatic nitrogens is 3. The average Bonchev–Trinajstić information content (AvgIpc) is 3.01. The highest BCUT2D eigenvalue weighted by molar-refractivity contribution is 5.90. The zero-order chi connectivity index (χ0) is 15.4. The number of ether oxygens (including phenoxy) is 1. The number of nitrogens with zero attached hydrogens (tertiary/aromatic N) is 2. The number of hydrogen-bond donors (Lipinski definition) is 1. The van der Waals surface area contributed by atoms with Crippen molar-refractivity contribution in [2.75, 3.05) is 6.61 Å². The summed E-state index contributed by atoms with van der Waals surface area (Å²) in [5.74, 6) is -0.351. The molecule has 3 aromatic rings.